The Labute approximate surface area is 121 Å². The molecule has 0 bridgehead atoms. The van der Waals surface area contributed by atoms with Crippen molar-refractivity contribution < 1.29 is 0 Å². The van der Waals surface area contributed by atoms with Crippen LogP contribution >= 0.6 is 27.5 Å². The highest BCUT2D eigenvalue weighted by Crippen LogP contribution is 2.58. The largest absolute Gasteiger partial charge is 0.365 e. The average Bonchev–Trinajstić information content (AvgIpc) is 3.01. The number of hydrogen-bond acceptors (Lipinski definition) is 2. The summed E-state index contributed by atoms with van der Waals surface area (Å²) in [5.74, 6) is 0. The van der Waals surface area contributed by atoms with Crippen LogP contribution in [0.15, 0.2) is 16.6 Å². The fraction of sp³-hybridized carbons (Fsp3) is 0.571. The van der Waals surface area contributed by atoms with E-state index in [2.05, 4.69) is 32.2 Å². The van der Waals surface area contributed by atoms with Crippen molar-refractivity contribution in [3.8, 4) is 0 Å². The molecule has 1 spiro atoms. The lowest BCUT2D eigenvalue weighted by Crippen LogP contribution is -2.59. The Morgan fingerprint density at radius 1 is 1.28 bits per heavy atom. The lowest BCUT2D eigenvalue weighted by atomic mass is 9.85. The molecule has 1 saturated heterocycles. The number of nitrogens with zero attached hydrogens (tertiary/aromatic N) is 1. The van der Waals surface area contributed by atoms with E-state index in [-0.39, 0.29) is 0 Å². The summed E-state index contributed by atoms with van der Waals surface area (Å²) in [5.41, 5.74) is 3.35. The summed E-state index contributed by atoms with van der Waals surface area (Å²) in [6, 6.07) is 4.91. The number of fused-ring (bicyclic) bond motifs is 2. The topological polar surface area (TPSA) is 15.3 Å². The lowest BCUT2D eigenvalue weighted by molar-refractivity contribution is 0.393. The first kappa shape index (κ1) is 11.6. The Hall–Kier alpha value is -0.250. The van der Waals surface area contributed by atoms with Gasteiger partial charge in [-0.15, -0.1) is 0 Å². The van der Waals surface area contributed by atoms with Gasteiger partial charge in [0.1, 0.15) is 0 Å². The van der Waals surface area contributed by atoms with E-state index in [0.29, 0.717) is 11.5 Å². The molecule has 1 aliphatic carbocycles. The van der Waals surface area contributed by atoms with Crippen LogP contribution in [0.25, 0.3) is 0 Å². The van der Waals surface area contributed by atoms with Crippen molar-refractivity contribution in [3.05, 3.63) is 27.2 Å². The second-order valence-corrected chi connectivity index (χ2v) is 7.11. The second kappa shape index (κ2) is 3.87. The third kappa shape index (κ3) is 1.57. The van der Waals surface area contributed by atoms with Gasteiger partial charge in [-0.2, -0.15) is 0 Å². The molecule has 0 radical (unpaired) electrons. The van der Waals surface area contributed by atoms with Gasteiger partial charge in [0.05, 0.1) is 11.7 Å². The minimum absolute atomic E-state index is 0.455. The molecule has 2 fully saturated rings. The number of hydrogen-bond donors (Lipinski definition) is 1. The van der Waals surface area contributed by atoms with E-state index in [1.54, 1.807) is 0 Å². The minimum Gasteiger partial charge on any atom is -0.365 e. The highest BCUT2D eigenvalue weighted by Gasteiger charge is 2.50. The van der Waals surface area contributed by atoms with E-state index < -0.39 is 0 Å². The van der Waals surface area contributed by atoms with Crippen molar-refractivity contribution in [2.24, 2.45) is 0 Å². The van der Waals surface area contributed by atoms with Crippen molar-refractivity contribution in [1.29, 1.82) is 0 Å². The SMILES string of the molecule is Clc1cc(Br)c2c(c1)C1(CCN2C2CNC2)CC1. The molecule has 1 N–H and O–H groups in total. The molecule has 2 nitrogen and oxygen atoms in total. The predicted octanol–water partition coefficient (Wildman–Crippen LogP) is 3.32. The standard InChI is InChI=1S/C14H16BrClN2/c15-12-6-9(16)5-11-13(12)18(10-7-17-8-10)4-3-14(11)1-2-14/h5-6,10,17H,1-4,7-8H2. The molecule has 2 aliphatic heterocycles. The summed E-state index contributed by atoms with van der Waals surface area (Å²) < 4.78 is 1.17. The van der Waals surface area contributed by atoms with Gasteiger partial charge < -0.3 is 10.2 Å². The monoisotopic (exact) mass is 326 g/mol. The van der Waals surface area contributed by atoms with Crippen molar-refractivity contribution in [2.45, 2.75) is 30.7 Å². The number of halogens is 2. The van der Waals surface area contributed by atoms with Crippen LogP contribution in [0.1, 0.15) is 24.8 Å². The molecular formula is C14H16BrClN2. The number of nitrogens with one attached hydrogen (secondary N) is 1. The van der Waals surface area contributed by atoms with E-state index in [4.69, 9.17) is 11.6 Å². The zero-order valence-electron chi connectivity index (χ0n) is 10.2. The Kier molecular flexibility index (Phi) is 2.49. The molecule has 4 heteroatoms. The summed E-state index contributed by atoms with van der Waals surface area (Å²) >= 11 is 9.98. The maximum absolute atomic E-state index is 6.25. The van der Waals surface area contributed by atoms with Crippen LogP contribution in [0.4, 0.5) is 5.69 Å². The maximum atomic E-state index is 6.25. The molecule has 96 valence electrons. The first-order valence-corrected chi connectivity index (χ1v) is 7.84. The van der Waals surface area contributed by atoms with Gasteiger partial charge in [0, 0.05) is 29.1 Å². The molecule has 2 heterocycles. The lowest BCUT2D eigenvalue weighted by Gasteiger charge is -2.45. The fourth-order valence-corrected chi connectivity index (χ4v) is 4.41. The molecule has 3 aliphatic rings. The Morgan fingerprint density at radius 3 is 2.67 bits per heavy atom. The van der Waals surface area contributed by atoms with Crippen molar-refractivity contribution >= 4 is 33.2 Å². The van der Waals surface area contributed by atoms with E-state index in [0.717, 1.165) is 18.1 Å². The molecule has 1 aromatic carbocycles. The van der Waals surface area contributed by atoms with Crippen LogP contribution in [0.3, 0.4) is 0 Å². The number of anilines is 1. The van der Waals surface area contributed by atoms with Gasteiger partial charge in [-0.3, -0.25) is 0 Å². The van der Waals surface area contributed by atoms with Gasteiger partial charge in [0.15, 0.2) is 0 Å². The molecule has 0 atom stereocenters. The summed E-state index contributed by atoms with van der Waals surface area (Å²) in [7, 11) is 0. The fourth-order valence-electron chi connectivity index (χ4n) is 3.37. The van der Waals surface area contributed by atoms with Crippen LogP contribution in [0.2, 0.25) is 5.02 Å². The van der Waals surface area contributed by atoms with Gasteiger partial charge in [-0.05, 0) is 58.3 Å². The zero-order valence-corrected chi connectivity index (χ0v) is 12.5. The van der Waals surface area contributed by atoms with Crippen LogP contribution in [-0.4, -0.2) is 25.7 Å². The third-order valence-corrected chi connectivity index (χ3v) is 5.59. The summed E-state index contributed by atoms with van der Waals surface area (Å²) in [6.07, 6.45) is 3.97. The maximum Gasteiger partial charge on any atom is 0.0553 e. The van der Waals surface area contributed by atoms with E-state index >= 15 is 0 Å². The van der Waals surface area contributed by atoms with Crippen molar-refractivity contribution in [3.63, 3.8) is 0 Å². The summed E-state index contributed by atoms with van der Waals surface area (Å²) in [6.45, 7) is 3.42. The van der Waals surface area contributed by atoms with Gasteiger partial charge in [-0.1, -0.05) is 11.6 Å². The van der Waals surface area contributed by atoms with E-state index in [9.17, 15) is 0 Å². The van der Waals surface area contributed by atoms with Crippen molar-refractivity contribution in [2.75, 3.05) is 24.5 Å². The van der Waals surface area contributed by atoms with Crippen molar-refractivity contribution in [1.82, 2.24) is 5.32 Å². The Bertz CT molecular complexity index is 509. The summed E-state index contributed by atoms with van der Waals surface area (Å²) in [4.78, 5) is 2.58. The van der Waals surface area contributed by atoms with Crippen LogP contribution in [-0.2, 0) is 5.41 Å². The van der Waals surface area contributed by atoms with Crippen LogP contribution < -0.4 is 10.2 Å². The van der Waals surface area contributed by atoms with Crippen LogP contribution in [0, 0.1) is 0 Å². The van der Waals surface area contributed by atoms with E-state index in [1.165, 1.54) is 41.5 Å². The van der Waals surface area contributed by atoms with Gasteiger partial charge >= 0.3 is 0 Å². The Balaban J connectivity index is 1.85. The van der Waals surface area contributed by atoms with Gasteiger partial charge in [0.2, 0.25) is 0 Å². The predicted molar refractivity (Wildman–Crippen MR) is 78.7 cm³/mol. The smallest absolute Gasteiger partial charge is 0.0553 e. The zero-order chi connectivity index (χ0) is 12.3. The second-order valence-electron chi connectivity index (χ2n) is 5.82. The average molecular weight is 328 g/mol. The van der Waals surface area contributed by atoms with E-state index in [1.807, 2.05) is 6.07 Å². The highest BCUT2D eigenvalue weighted by molar-refractivity contribution is 9.10. The molecule has 4 rings (SSSR count). The summed E-state index contributed by atoms with van der Waals surface area (Å²) in [5, 5.41) is 4.24. The third-order valence-electron chi connectivity index (χ3n) is 4.77. The highest BCUT2D eigenvalue weighted by atomic mass is 79.9. The normalized spacial score (nSPS) is 24.9. The minimum atomic E-state index is 0.455. The van der Waals surface area contributed by atoms with Gasteiger partial charge in [0.25, 0.3) is 0 Å². The molecule has 1 saturated carbocycles. The van der Waals surface area contributed by atoms with Crippen LogP contribution in [0.5, 0.6) is 0 Å². The number of benzene rings is 1. The molecule has 0 aromatic heterocycles. The first-order valence-electron chi connectivity index (χ1n) is 6.66. The quantitative estimate of drug-likeness (QED) is 0.851. The molecule has 0 unspecified atom stereocenters. The van der Waals surface area contributed by atoms with Gasteiger partial charge in [-0.25, -0.2) is 0 Å². The number of rotatable bonds is 1. The first-order chi connectivity index (χ1) is 8.70. The molecule has 18 heavy (non-hydrogen) atoms. The molecule has 0 amide bonds. The Morgan fingerprint density at radius 2 is 2.06 bits per heavy atom. The molecular weight excluding hydrogens is 312 g/mol. The molecule has 1 aromatic rings.